The van der Waals surface area contributed by atoms with Gasteiger partial charge in [-0.3, -0.25) is 4.57 Å². The summed E-state index contributed by atoms with van der Waals surface area (Å²) >= 11 is 3.16. The summed E-state index contributed by atoms with van der Waals surface area (Å²) in [4.78, 5) is 0.975. The molecule has 0 radical (unpaired) electrons. The highest BCUT2D eigenvalue weighted by atomic mass is 32.2. The highest BCUT2D eigenvalue weighted by Crippen LogP contribution is 2.42. The van der Waals surface area contributed by atoms with Gasteiger partial charge in [0, 0.05) is 5.92 Å². The van der Waals surface area contributed by atoms with E-state index in [4.69, 9.17) is 8.83 Å². The molecule has 0 aromatic carbocycles. The van der Waals surface area contributed by atoms with E-state index in [9.17, 15) is 0 Å². The number of nitrogens with zero attached hydrogens (tertiary/aromatic N) is 5. The lowest BCUT2D eigenvalue weighted by molar-refractivity contribution is 0.478. The van der Waals surface area contributed by atoms with Crippen LogP contribution >= 0.6 is 23.1 Å². The topological polar surface area (TPSA) is 82.8 Å². The van der Waals surface area contributed by atoms with Gasteiger partial charge in [0.2, 0.25) is 5.89 Å². The van der Waals surface area contributed by atoms with Crippen molar-refractivity contribution >= 4 is 23.1 Å². The Bertz CT molecular complexity index is 1020. The molecule has 1 fully saturated rings. The third-order valence-electron chi connectivity index (χ3n) is 4.38. The Hall–Kier alpha value is -2.39. The van der Waals surface area contributed by atoms with Crippen LogP contribution in [0.2, 0.25) is 0 Å². The SMILES string of the molecule is CC(Sc1nnc(C2CC2)n1Cc1ccco1)c1nnc(-c2cccs2)o1. The fourth-order valence-corrected chi connectivity index (χ4v) is 4.37. The van der Waals surface area contributed by atoms with Gasteiger partial charge in [-0.25, -0.2) is 0 Å². The highest BCUT2D eigenvalue weighted by molar-refractivity contribution is 7.99. The fraction of sp³-hybridized carbons (Fsp3) is 0.333. The lowest BCUT2D eigenvalue weighted by atomic mass is 10.3. The average Bonchev–Trinajstić information content (AvgIpc) is 3.19. The first kappa shape index (κ1) is 16.8. The standard InChI is InChI=1S/C18H17N5O2S2/c1-11(16-20-21-17(25-16)14-5-3-9-26-14)27-18-22-19-15(12-6-7-12)23(18)10-13-4-2-8-24-13/h2-5,8-9,11-12H,6-7,10H2,1H3. The Kier molecular flexibility index (Phi) is 4.33. The molecule has 0 bridgehead atoms. The number of thioether (sulfide) groups is 1. The van der Waals surface area contributed by atoms with Crippen molar-refractivity contribution in [1.29, 1.82) is 0 Å². The van der Waals surface area contributed by atoms with Crippen molar-refractivity contribution in [2.75, 3.05) is 0 Å². The fourth-order valence-electron chi connectivity index (χ4n) is 2.84. The van der Waals surface area contributed by atoms with E-state index in [1.54, 1.807) is 29.4 Å². The third kappa shape index (κ3) is 3.44. The maximum Gasteiger partial charge on any atom is 0.257 e. The molecule has 4 heterocycles. The molecule has 7 nitrogen and oxygen atoms in total. The molecule has 1 aliphatic carbocycles. The zero-order chi connectivity index (χ0) is 18.2. The number of rotatable bonds is 7. The normalized spacial score (nSPS) is 15.3. The zero-order valence-corrected chi connectivity index (χ0v) is 16.2. The summed E-state index contributed by atoms with van der Waals surface area (Å²) in [5, 5.41) is 20.1. The molecule has 1 unspecified atom stereocenters. The molecule has 0 saturated heterocycles. The molecule has 9 heteroatoms. The monoisotopic (exact) mass is 399 g/mol. The van der Waals surface area contributed by atoms with E-state index in [0.29, 0.717) is 24.2 Å². The van der Waals surface area contributed by atoms with E-state index in [1.165, 1.54) is 12.8 Å². The summed E-state index contributed by atoms with van der Waals surface area (Å²) in [5.41, 5.74) is 0. The molecule has 1 atom stereocenters. The van der Waals surface area contributed by atoms with Crippen LogP contribution in [-0.4, -0.2) is 25.0 Å². The summed E-state index contributed by atoms with van der Waals surface area (Å²) in [6, 6.07) is 7.82. The van der Waals surface area contributed by atoms with E-state index in [1.807, 2.05) is 36.6 Å². The summed E-state index contributed by atoms with van der Waals surface area (Å²) in [5.74, 6) is 3.58. The van der Waals surface area contributed by atoms with Crippen LogP contribution in [-0.2, 0) is 6.54 Å². The van der Waals surface area contributed by atoms with Crippen LogP contribution in [0.15, 0.2) is 49.9 Å². The Balaban J connectivity index is 1.38. The van der Waals surface area contributed by atoms with Crippen molar-refractivity contribution in [1.82, 2.24) is 25.0 Å². The Labute approximate surface area is 163 Å². The van der Waals surface area contributed by atoms with Gasteiger partial charge in [-0.1, -0.05) is 17.8 Å². The molecule has 27 heavy (non-hydrogen) atoms. The maximum atomic E-state index is 5.87. The molecule has 138 valence electrons. The van der Waals surface area contributed by atoms with Gasteiger partial charge in [0.25, 0.3) is 5.89 Å². The van der Waals surface area contributed by atoms with Crippen LogP contribution in [0.1, 0.15) is 48.4 Å². The zero-order valence-electron chi connectivity index (χ0n) is 14.6. The molecule has 1 saturated carbocycles. The first-order valence-electron chi connectivity index (χ1n) is 8.77. The predicted molar refractivity (Wildman–Crippen MR) is 102 cm³/mol. The predicted octanol–water partition coefficient (Wildman–Crippen LogP) is 4.76. The van der Waals surface area contributed by atoms with E-state index < -0.39 is 0 Å². The summed E-state index contributed by atoms with van der Waals surface area (Å²) in [6.07, 6.45) is 4.03. The highest BCUT2D eigenvalue weighted by Gasteiger charge is 2.31. The average molecular weight is 400 g/mol. The van der Waals surface area contributed by atoms with Crippen molar-refractivity contribution < 1.29 is 8.83 Å². The van der Waals surface area contributed by atoms with Crippen LogP contribution in [0.5, 0.6) is 0 Å². The molecule has 0 amide bonds. The first-order valence-corrected chi connectivity index (χ1v) is 10.5. The summed E-state index contributed by atoms with van der Waals surface area (Å²) in [6.45, 7) is 2.67. The van der Waals surface area contributed by atoms with Gasteiger partial charge in [-0.15, -0.1) is 31.7 Å². The van der Waals surface area contributed by atoms with Crippen LogP contribution < -0.4 is 0 Å². The van der Waals surface area contributed by atoms with Crippen LogP contribution in [0.25, 0.3) is 10.8 Å². The quantitative estimate of drug-likeness (QED) is 0.414. The molecule has 4 aromatic rings. The van der Waals surface area contributed by atoms with Gasteiger partial charge >= 0.3 is 0 Å². The van der Waals surface area contributed by atoms with Gasteiger partial charge in [-0.05, 0) is 43.3 Å². The molecular weight excluding hydrogens is 382 g/mol. The summed E-state index contributed by atoms with van der Waals surface area (Å²) in [7, 11) is 0. The van der Waals surface area contributed by atoms with Crippen LogP contribution in [0.3, 0.4) is 0 Å². The van der Waals surface area contributed by atoms with Gasteiger partial charge in [-0.2, -0.15) is 0 Å². The van der Waals surface area contributed by atoms with Gasteiger partial charge in [0.05, 0.1) is 22.9 Å². The second-order valence-electron chi connectivity index (χ2n) is 6.46. The molecular formula is C18H17N5O2S2. The van der Waals surface area contributed by atoms with Crippen molar-refractivity contribution in [2.24, 2.45) is 0 Å². The van der Waals surface area contributed by atoms with E-state index >= 15 is 0 Å². The van der Waals surface area contributed by atoms with E-state index in [0.717, 1.165) is 21.6 Å². The first-order chi connectivity index (χ1) is 13.3. The van der Waals surface area contributed by atoms with Crippen molar-refractivity contribution in [3.05, 3.63) is 53.4 Å². The minimum atomic E-state index is -0.0298. The molecule has 0 aliphatic heterocycles. The number of furan rings is 1. The number of hydrogen-bond donors (Lipinski definition) is 0. The van der Waals surface area contributed by atoms with E-state index in [-0.39, 0.29) is 5.25 Å². The second kappa shape index (κ2) is 6.97. The number of thiophene rings is 1. The van der Waals surface area contributed by atoms with Crippen molar-refractivity contribution in [3.63, 3.8) is 0 Å². The van der Waals surface area contributed by atoms with Gasteiger partial charge < -0.3 is 8.83 Å². The number of hydrogen-bond acceptors (Lipinski definition) is 8. The number of aromatic nitrogens is 5. The van der Waals surface area contributed by atoms with Gasteiger partial charge in [0.1, 0.15) is 11.6 Å². The van der Waals surface area contributed by atoms with Crippen molar-refractivity contribution in [2.45, 2.75) is 42.6 Å². The Morgan fingerprint density at radius 2 is 2.15 bits per heavy atom. The lowest BCUT2D eigenvalue weighted by Gasteiger charge is -2.10. The second-order valence-corrected chi connectivity index (χ2v) is 8.72. The molecule has 0 N–H and O–H groups in total. The molecule has 5 rings (SSSR count). The van der Waals surface area contributed by atoms with Crippen LogP contribution in [0.4, 0.5) is 0 Å². The largest absolute Gasteiger partial charge is 0.467 e. The minimum absolute atomic E-state index is 0.0298. The van der Waals surface area contributed by atoms with E-state index in [2.05, 4.69) is 25.0 Å². The molecule has 0 spiro atoms. The Morgan fingerprint density at radius 3 is 2.89 bits per heavy atom. The molecule has 1 aliphatic rings. The van der Waals surface area contributed by atoms with Crippen LogP contribution in [0, 0.1) is 0 Å². The lowest BCUT2D eigenvalue weighted by Crippen LogP contribution is -2.06. The maximum absolute atomic E-state index is 5.87. The molecule has 4 aromatic heterocycles. The Morgan fingerprint density at radius 1 is 1.22 bits per heavy atom. The van der Waals surface area contributed by atoms with Crippen molar-refractivity contribution in [3.8, 4) is 10.8 Å². The van der Waals surface area contributed by atoms with Gasteiger partial charge in [0.15, 0.2) is 5.16 Å². The smallest absolute Gasteiger partial charge is 0.257 e. The third-order valence-corrected chi connectivity index (χ3v) is 6.31. The minimum Gasteiger partial charge on any atom is -0.467 e. The summed E-state index contributed by atoms with van der Waals surface area (Å²) < 4.78 is 13.5.